The molecule has 8 heteroatoms. The zero-order valence-electron chi connectivity index (χ0n) is 14.9. The van der Waals surface area contributed by atoms with Gasteiger partial charge in [-0.05, 0) is 36.6 Å². The monoisotopic (exact) mass is 402 g/mol. The molecule has 6 nitrogen and oxygen atoms in total. The van der Waals surface area contributed by atoms with Crippen molar-refractivity contribution in [2.24, 2.45) is 4.99 Å². The van der Waals surface area contributed by atoms with Crippen molar-refractivity contribution in [1.29, 1.82) is 0 Å². The number of amides is 1. The minimum Gasteiger partial charge on any atom is -0.495 e. The van der Waals surface area contributed by atoms with Gasteiger partial charge in [-0.1, -0.05) is 23.5 Å². The molecule has 27 heavy (non-hydrogen) atoms. The number of para-hydroxylation sites is 1. The molecule has 2 aromatic heterocycles. The highest BCUT2D eigenvalue weighted by Crippen LogP contribution is 2.27. The number of hydrogen-bond donors (Lipinski definition) is 0. The molecular formula is C19H18N2O4S2. The first-order valence-electron chi connectivity index (χ1n) is 8.24. The lowest BCUT2D eigenvalue weighted by Crippen LogP contribution is -2.23. The second-order valence-electron chi connectivity index (χ2n) is 5.38. The lowest BCUT2D eigenvalue weighted by Gasteiger charge is -2.08. The Morgan fingerprint density at radius 2 is 2.11 bits per heavy atom. The topological polar surface area (TPSA) is 69.9 Å². The van der Waals surface area contributed by atoms with E-state index in [9.17, 15) is 9.59 Å². The van der Waals surface area contributed by atoms with Crippen molar-refractivity contribution in [1.82, 2.24) is 4.57 Å². The van der Waals surface area contributed by atoms with E-state index in [1.807, 2.05) is 29.6 Å². The largest absolute Gasteiger partial charge is 0.495 e. The van der Waals surface area contributed by atoms with Crippen LogP contribution in [0.2, 0.25) is 0 Å². The van der Waals surface area contributed by atoms with E-state index in [-0.39, 0.29) is 13.2 Å². The first kappa shape index (κ1) is 19.1. The van der Waals surface area contributed by atoms with E-state index in [4.69, 9.17) is 9.47 Å². The summed E-state index contributed by atoms with van der Waals surface area (Å²) in [4.78, 5) is 29.9. The van der Waals surface area contributed by atoms with Crippen LogP contribution in [0.15, 0.2) is 46.8 Å². The molecule has 1 aromatic carbocycles. The summed E-state index contributed by atoms with van der Waals surface area (Å²) >= 11 is 2.86. The van der Waals surface area contributed by atoms with Gasteiger partial charge in [0.05, 0.1) is 18.4 Å². The van der Waals surface area contributed by atoms with Crippen LogP contribution >= 0.6 is 22.7 Å². The van der Waals surface area contributed by atoms with Gasteiger partial charge in [0.1, 0.15) is 17.8 Å². The highest BCUT2D eigenvalue weighted by atomic mass is 32.1. The molecule has 0 unspecified atom stereocenters. The molecule has 0 saturated carbocycles. The van der Waals surface area contributed by atoms with E-state index >= 15 is 0 Å². The van der Waals surface area contributed by atoms with E-state index in [0.717, 1.165) is 9.58 Å². The fraction of sp³-hybridized carbons (Fsp3) is 0.211. The van der Waals surface area contributed by atoms with Crippen LogP contribution in [0.25, 0.3) is 16.3 Å². The summed E-state index contributed by atoms with van der Waals surface area (Å²) in [5.41, 5.74) is 0.715. The summed E-state index contributed by atoms with van der Waals surface area (Å²) in [6.45, 7) is 1.99. The Morgan fingerprint density at radius 3 is 2.81 bits per heavy atom. The number of carbonyl (C=O) groups excluding carboxylic acids is 2. The number of carbonyl (C=O) groups is 2. The predicted octanol–water partition coefficient (Wildman–Crippen LogP) is 3.48. The van der Waals surface area contributed by atoms with Crippen molar-refractivity contribution in [3.8, 4) is 5.75 Å². The molecular weight excluding hydrogens is 384 g/mol. The summed E-state index contributed by atoms with van der Waals surface area (Å²) in [5, 5.41) is 1.94. The molecule has 0 radical (unpaired) electrons. The van der Waals surface area contributed by atoms with Gasteiger partial charge in [-0.15, -0.1) is 11.3 Å². The first-order chi connectivity index (χ1) is 13.1. The summed E-state index contributed by atoms with van der Waals surface area (Å²) in [6, 6.07) is 9.39. The van der Waals surface area contributed by atoms with Gasteiger partial charge in [0.2, 0.25) is 0 Å². The summed E-state index contributed by atoms with van der Waals surface area (Å²) < 4.78 is 13.0. The number of ether oxygens (including phenoxy) is 2. The van der Waals surface area contributed by atoms with Crippen molar-refractivity contribution in [2.75, 3.05) is 13.7 Å². The third kappa shape index (κ3) is 4.53. The maximum absolute atomic E-state index is 12.3. The highest BCUT2D eigenvalue weighted by Gasteiger charge is 2.15. The molecule has 0 atom stereocenters. The van der Waals surface area contributed by atoms with Crippen molar-refractivity contribution in [3.05, 3.63) is 51.5 Å². The summed E-state index contributed by atoms with van der Waals surface area (Å²) in [7, 11) is 1.56. The smallest absolute Gasteiger partial charge is 0.326 e. The molecule has 0 aliphatic heterocycles. The van der Waals surface area contributed by atoms with E-state index < -0.39 is 11.9 Å². The van der Waals surface area contributed by atoms with E-state index in [1.165, 1.54) is 28.7 Å². The molecule has 0 fully saturated rings. The van der Waals surface area contributed by atoms with E-state index in [2.05, 4.69) is 4.99 Å². The maximum atomic E-state index is 12.3. The van der Waals surface area contributed by atoms with Crippen LogP contribution in [0.5, 0.6) is 5.75 Å². The van der Waals surface area contributed by atoms with Gasteiger partial charge in [0.25, 0.3) is 5.91 Å². The third-order valence-electron chi connectivity index (χ3n) is 3.62. The van der Waals surface area contributed by atoms with Crippen molar-refractivity contribution < 1.29 is 19.1 Å². The predicted molar refractivity (Wildman–Crippen MR) is 107 cm³/mol. The number of aromatic nitrogens is 1. The van der Waals surface area contributed by atoms with Crippen LogP contribution < -0.4 is 9.54 Å². The van der Waals surface area contributed by atoms with Gasteiger partial charge in [-0.3, -0.25) is 9.59 Å². The highest BCUT2D eigenvalue weighted by molar-refractivity contribution is 7.16. The van der Waals surface area contributed by atoms with Crippen LogP contribution in [0.1, 0.15) is 11.8 Å². The van der Waals surface area contributed by atoms with Crippen molar-refractivity contribution in [2.45, 2.75) is 13.5 Å². The quantitative estimate of drug-likeness (QED) is 0.468. The maximum Gasteiger partial charge on any atom is 0.326 e. The molecule has 0 aliphatic rings. The van der Waals surface area contributed by atoms with Crippen LogP contribution in [0.3, 0.4) is 0 Å². The summed E-state index contributed by atoms with van der Waals surface area (Å²) in [6.07, 6.45) is 3.14. The number of fused-ring (bicyclic) bond motifs is 1. The molecule has 0 N–H and O–H groups in total. The number of hydrogen-bond acceptors (Lipinski definition) is 6. The Labute approximate surface area is 164 Å². The second kappa shape index (κ2) is 8.79. The molecule has 3 aromatic rings. The number of thiophene rings is 1. The van der Waals surface area contributed by atoms with Gasteiger partial charge in [-0.25, -0.2) is 0 Å². The standard InChI is InChI=1S/C19H18N2O4S2/c1-3-25-17(23)12-21-18-14(24-2)7-4-8-15(18)27-19(21)20-16(22)10-9-13-6-5-11-26-13/h4-11H,3,12H2,1-2H3. The SMILES string of the molecule is CCOC(=O)Cn1c(=NC(=O)C=Cc2cccs2)sc2cccc(OC)c21. The lowest BCUT2D eigenvalue weighted by atomic mass is 10.3. The Bertz CT molecular complexity index is 1050. The fourth-order valence-electron chi connectivity index (χ4n) is 2.50. The molecule has 0 bridgehead atoms. The molecule has 0 spiro atoms. The van der Waals surface area contributed by atoms with Gasteiger partial charge in [0.15, 0.2) is 4.80 Å². The molecule has 0 saturated heterocycles. The number of methoxy groups -OCH3 is 1. The third-order valence-corrected chi connectivity index (χ3v) is 5.50. The lowest BCUT2D eigenvalue weighted by molar-refractivity contribution is -0.143. The second-order valence-corrected chi connectivity index (χ2v) is 7.37. The zero-order chi connectivity index (χ0) is 19.2. The Balaban J connectivity index is 2.05. The van der Waals surface area contributed by atoms with Crippen molar-refractivity contribution in [3.63, 3.8) is 0 Å². The van der Waals surface area contributed by atoms with Gasteiger partial charge in [-0.2, -0.15) is 4.99 Å². The molecule has 0 aliphatic carbocycles. The molecule has 140 valence electrons. The average Bonchev–Trinajstić information content (AvgIpc) is 3.28. The number of rotatable bonds is 6. The Kier molecular flexibility index (Phi) is 6.20. The zero-order valence-corrected chi connectivity index (χ0v) is 16.5. The number of benzene rings is 1. The number of thiazole rings is 1. The van der Waals surface area contributed by atoms with E-state index in [0.29, 0.717) is 16.1 Å². The normalized spacial score (nSPS) is 12.0. The van der Waals surface area contributed by atoms with Gasteiger partial charge >= 0.3 is 5.97 Å². The molecule has 1 amide bonds. The Morgan fingerprint density at radius 1 is 1.26 bits per heavy atom. The number of esters is 1. The van der Waals surface area contributed by atoms with Crippen molar-refractivity contribution >= 4 is 50.8 Å². The van der Waals surface area contributed by atoms with Crippen LogP contribution in [-0.2, 0) is 20.9 Å². The minimum atomic E-state index is -0.397. The van der Waals surface area contributed by atoms with Crippen LogP contribution in [-0.4, -0.2) is 30.2 Å². The average molecular weight is 402 g/mol. The van der Waals surface area contributed by atoms with Crippen LogP contribution in [0, 0.1) is 0 Å². The Hall–Kier alpha value is -2.71. The number of nitrogens with zero attached hydrogens (tertiary/aromatic N) is 2. The summed E-state index contributed by atoms with van der Waals surface area (Å²) in [5.74, 6) is -0.186. The van der Waals surface area contributed by atoms with Gasteiger partial charge < -0.3 is 14.0 Å². The molecule has 3 rings (SSSR count). The molecule has 2 heterocycles. The van der Waals surface area contributed by atoms with Crippen LogP contribution in [0.4, 0.5) is 0 Å². The van der Waals surface area contributed by atoms with Gasteiger partial charge in [0, 0.05) is 11.0 Å². The fourth-order valence-corrected chi connectivity index (χ4v) is 4.17. The van der Waals surface area contributed by atoms with E-state index in [1.54, 1.807) is 30.7 Å². The minimum absolute atomic E-state index is 0.0467. The first-order valence-corrected chi connectivity index (χ1v) is 9.94.